The monoisotopic (exact) mass is 524 g/mol. The molecular weight excluding hydrogens is 467 g/mol. The first kappa shape index (κ1) is 34.9. The molecule has 0 aliphatic rings. The quantitative estimate of drug-likeness (QED) is 0.0437. The van der Waals surface area contributed by atoms with E-state index in [2.05, 4.69) is 58.1 Å². The van der Waals surface area contributed by atoms with E-state index in [1.54, 1.807) is 12.4 Å². The van der Waals surface area contributed by atoms with E-state index in [-0.39, 0.29) is 6.61 Å². The van der Waals surface area contributed by atoms with Crippen molar-refractivity contribution >= 4 is 20.0 Å². The molecule has 0 rings (SSSR count). The smallest absolute Gasteiger partial charge is 0.368 e. The van der Waals surface area contributed by atoms with Gasteiger partial charge in [-0.25, -0.2) is 14.6 Å². The van der Waals surface area contributed by atoms with Crippen molar-refractivity contribution < 1.29 is 9.67 Å². The van der Waals surface area contributed by atoms with Crippen LogP contribution in [0.1, 0.15) is 123 Å². The third-order valence-corrected chi connectivity index (χ3v) is 7.47. The van der Waals surface area contributed by atoms with Crippen LogP contribution < -0.4 is 10.4 Å². The second-order valence-corrected chi connectivity index (χ2v) is 11.3. The molecule has 0 aromatic heterocycles. The van der Waals surface area contributed by atoms with Gasteiger partial charge in [-0.05, 0) is 38.6 Å². The van der Waals surface area contributed by atoms with Gasteiger partial charge in [0.1, 0.15) is 0 Å². The normalized spacial score (nSPS) is 14.2. The van der Waals surface area contributed by atoms with Crippen LogP contribution in [0.25, 0.3) is 0 Å². The highest BCUT2D eigenvalue weighted by Crippen LogP contribution is 2.43. The Balaban J connectivity index is 4.39. The van der Waals surface area contributed by atoms with Crippen LogP contribution in [0, 0.1) is 0 Å². The summed E-state index contributed by atoms with van der Waals surface area (Å²) in [5, 5.41) is 15.0. The van der Waals surface area contributed by atoms with Gasteiger partial charge in [0.15, 0.2) is 0 Å². The highest BCUT2D eigenvalue weighted by molar-refractivity contribution is 7.59. The Hall–Kier alpha value is -1.07. The molecule has 0 aromatic rings. The SMILES string of the molecule is CCCCCCCC/C=C\CC=NP(=O)(N=CC/C=C\CCCCCCCC)NCCCNCCO. The van der Waals surface area contributed by atoms with Gasteiger partial charge in [0.25, 0.3) is 0 Å². The lowest BCUT2D eigenvalue weighted by Crippen LogP contribution is -2.22. The lowest BCUT2D eigenvalue weighted by Gasteiger charge is -2.10. The molecule has 0 spiro atoms. The Labute approximate surface area is 223 Å². The minimum Gasteiger partial charge on any atom is -0.395 e. The molecule has 0 bridgehead atoms. The Bertz CT molecular complexity index is 578. The van der Waals surface area contributed by atoms with Crippen LogP contribution in [0.3, 0.4) is 0 Å². The number of nitrogens with zero attached hydrogens (tertiary/aromatic N) is 2. The Morgan fingerprint density at radius 2 is 1.14 bits per heavy atom. The fourth-order valence-electron chi connectivity index (χ4n) is 3.70. The van der Waals surface area contributed by atoms with Gasteiger partial charge in [-0.15, -0.1) is 0 Å². The maximum Gasteiger partial charge on any atom is 0.368 e. The number of allylic oxidation sites excluding steroid dienone is 4. The van der Waals surface area contributed by atoms with Crippen molar-refractivity contribution in [3.63, 3.8) is 0 Å². The van der Waals surface area contributed by atoms with Crippen LogP contribution in [-0.2, 0) is 4.57 Å². The topological polar surface area (TPSA) is 86.1 Å². The molecule has 3 N–H and O–H groups in total. The van der Waals surface area contributed by atoms with E-state index in [1.807, 2.05) is 0 Å². The number of hydrogen-bond donors (Lipinski definition) is 3. The molecule has 0 aliphatic carbocycles. The predicted molar refractivity (Wildman–Crippen MR) is 161 cm³/mol. The summed E-state index contributed by atoms with van der Waals surface area (Å²) in [6.07, 6.45) is 32.1. The molecule has 6 nitrogen and oxygen atoms in total. The number of rotatable bonds is 27. The van der Waals surface area contributed by atoms with Crippen molar-refractivity contribution in [2.45, 2.75) is 123 Å². The number of hydrogen-bond acceptors (Lipinski definition) is 3. The molecule has 0 aliphatic heterocycles. The molecule has 0 radical (unpaired) electrons. The van der Waals surface area contributed by atoms with Crippen molar-refractivity contribution in [3.8, 4) is 0 Å². The highest BCUT2D eigenvalue weighted by Gasteiger charge is 2.16. The maximum atomic E-state index is 13.2. The zero-order valence-electron chi connectivity index (χ0n) is 23.5. The molecule has 7 heteroatoms. The number of unbranched alkanes of at least 4 members (excludes halogenated alkanes) is 12. The minimum absolute atomic E-state index is 0.124. The molecule has 0 atom stereocenters. The van der Waals surface area contributed by atoms with E-state index < -0.39 is 7.59 Å². The average molecular weight is 525 g/mol. The molecule has 210 valence electrons. The van der Waals surface area contributed by atoms with Crippen molar-refractivity contribution in [1.82, 2.24) is 10.4 Å². The number of aliphatic hydroxyl groups excluding tert-OH is 1. The molecule has 0 heterocycles. The molecule has 0 fully saturated rings. The van der Waals surface area contributed by atoms with Crippen LogP contribution in [0.2, 0.25) is 0 Å². The molecule has 0 saturated carbocycles. The van der Waals surface area contributed by atoms with Gasteiger partial charge < -0.3 is 10.4 Å². The fourth-order valence-corrected chi connectivity index (χ4v) is 5.01. The summed E-state index contributed by atoms with van der Waals surface area (Å²) in [6.45, 7) is 6.50. The fraction of sp³-hybridized carbons (Fsp3) is 0.793. The third kappa shape index (κ3) is 26.0. The minimum atomic E-state index is -3.19. The van der Waals surface area contributed by atoms with Gasteiger partial charge in [-0.1, -0.05) is 102 Å². The summed E-state index contributed by atoms with van der Waals surface area (Å²) < 4.78 is 21.9. The maximum absolute atomic E-state index is 13.2. The van der Waals surface area contributed by atoms with Crippen LogP contribution in [0.5, 0.6) is 0 Å². The van der Waals surface area contributed by atoms with Crippen molar-refractivity contribution in [2.24, 2.45) is 9.53 Å². The Morgan fingerprint density at radius 3 is 1.64 bits per heavy atom. The molecule has 36 heavy (non-hydrogen) atoms. The third-order valence-electron chi connectivity index (χ3n) is 5.88. The Morgan fingerprint density at radius 1 is 0.639 bits per heavy atom. The number of nitrogens with one attached hydrogen (secondary N) is 2. The second-order valence-electron chi connectivity index (χ2n) is 9.40. The van der Waals surface area contributed by atoms with Gasteiger partial charge in [0, 0.05) is 38.4 Å². The van der Waals surface area contributed by atoms with E-state index in [9.17, 15) is 4.57 Å². The molecule has 0 amide bonds. The molecule has 0 aromatic carbocycles. The number of aliphatic hydroxyl groups is 1. The highest BCUT2D eigenvalue weighted by atomic mass is 31.2. The summed E-state index contributed by atoms with van der Waals surface area (Å²) in [6, 6.07) is 0. The van der Waals surface area contributed by atoms with Crippen LogP contribution >= 0.6 is 7.59 Å². The first-order valence-electron chi connectivity index (χ1n) is 14.7. The van der Waals surface area contributed by atoms with E-state index in [1.165, 1.54) is 77.0 Å². The van der Waals surface area contributed by atoms with E-state index >= 15 is 0 Å². The lowest BCUT2D eigenvalue weighted by molar-refractivity contribution is 0.292. The average Bonchev–Trinajstić information content (AvgIpc) is 2.88. The van der Waals surface area contributed by atoms with E-state index in [4.69, 9.17) is 5.11 Å². The van der Waals surface area contributed by atoms with Crippen LogP contribution in [-0.4, -0.2) is 43.8 Å². The molecular formula is C29H57N4O2P. The van der Waals surface area contributed by atoms with E-state index in [0.717, 1.165) is 25.8 Å². The van der Waals surface area contributed by atoms with Crippen LogP contribution in [0.4, 0.5) is 0 Å². The zero-order valence-corrected chi connectivity index (χ0v) is 24.4. The van der Waals surface area contributed by atoms with Crippen LogP contribution in [0.15, 0.2) is 33.8 Å². The van der Waals surface area contributed by atoms with Gasteiger partial charge in [-0.3, -0.25) is 4.57 Å². The predicted octanol–water partition coefficient (Wildman–Crippen LogP) is 8.19. The summed E-state index contributed by atoms with van der Waals surface area (Å²) in [5.74, 6) is 0. The first-order valence-corrected chi connectivity index (χ1v) is 16.3. The van der Waals surface area contributed by atoms with Gasteiger partial charge >= 0.3 is 7.59 Å². The second kappa shape index (κ2) is 28.5. The summed E-state index contributed by atoms with van der Waals surface area (Å²) in [4.78, 5) is 0. The Kier molecular flexibility index (Phi) is 27.7. The van der Waals surface area contributed by atoms with Gasteiger partial charge in [0.2, 0.25) is 0 Å². The lowest BCUT2D eigenvalue weighted by atomic mass is 10.1. The zero-order chi connectivity index (χ0) is 26.4. The van der Waals surface area contributed by atoms with E-state index in [0.29, 0.717) is 25.9 Å². The summed E-state index contributed by atoms with van der Waals surface area (Å²) >= 11 is 0. The van der Waals surface area contributed by atoms with Crippen molar-refractivity contribution in [3.05, 3.63) is 24.3 Å². The van der Waals surface area contributed by atoms with Gasteiger partial charge in [-0.2, -0.15) is 0 Å². The molecule has 0 unspecified atom stereocenters. The van der Waals surface area contributed by atoms with Crippen molar-refractivity contribution in [2.75, 3.05) is 26.2 Å². The largest absolute Gasteiger partial charge is 0.395 e. The summed E-state index contributed by atoms with van der Waals surface area (Å²) in [7, 11) is -3.19. The summed E-state index contributed by atoms with van der Waals surface area (Å²) in [5.41, 5.74) is 0. The van der Waals surface area contributed by atoms with Gasteiger partial charge in [0.05, 0.1) is 6.61 Å². The first-order chi connectivity index (χ1) is 17.7. The van der Waals surface area contributed by atoms with Crippen molar-refractivity contribution in [1.29, 1.82) is 0 Å². The standard InChI is InChI=1S/C29H57N4O2P/c1-3-5-7-9-11-13-15-17-19-21-25-31-36(35,33-27-23-24-30-28-29-34)32-26-22-20-18-16-14-12-10-8-6-4-2/h17-20,25-26,30,34H,3-16,21-24,27-29H2,1-2H3,(H,33,35)/b19-17-,20-18-,31-25?,32-26?. The molecule has 0 saturated heterocycles.